The monoisotopic (exact) mass is 163 g/mol. The zero-order chi connectivity index (χ0) is 8.72. The molecule has 0 aromatic carbocycles. The molecule has 1 atom stereocenters. The van der Waals surface area contributed by atoms with E-state index < -0.39 is 0 Å². The van der Waals surface area contributed by atoms with Crippen LogP contribution in [0, 0.1) is 0 Å². The van der Waals surface area contributed by atoms with Crippen LogP contribution in [0.5, 0.6) is 0 Å². The number of hydrogen-bond acceptors (Lipinski definition) is 1. The highest BCUT2D eigenvalue weighted by atomic mass is 16.1. The van der Waals surface area contributed by atoms with Gasteiger partial charge in [0.2, 0.25) is 0 Å². The first-order chi connectivity index (χ1) is 5.70. The lowest BCUT2D eigenvalue weighted by atomic mass is 10.1. The summed E-state index contributed by atoms with van der Waals surface area (Å²) in [7, 11) is 1.81. The molecular formula is C10H13NO. The normalized spacial score (nSPS) is 21.0. The summed E-state index contributed by atoms with van der Waals surface area (Å²) >= 11 is 0. The number of nitrogens with zero attached hydrogens (tertiary/aromatic N) is 1. The van der Waals surface area contributed by atoms with Crippen LogP contribution < -0.4 is 5.56 Å². The molecule has 2 heteroatoms. The number of fused-ring (bicyclic) bond motifs is 1. The van der Waals surface area contributed by atoms with E-state index in [-0.39, 0.29) is 5.56 Å². The van der Waals surface area contributed by atoms with Crippen molar-refractivity contribution >= 4 is 0 Å². The molecule has 0 aliphatic heterocycles. The maximum atomic E-state index is 11.6. The van der Waals surface area contributed by atoms with Crippen LogP contribution in [0.25, 0.3) is 0 Å². The maximum Gasteiger partial charge on any atom is 0.253 e. The average Bonchev–Trinajstić information content (AvgIpc) is 2.41. The predicted molar refractivity (Wildman–Crippen MR) is 48.4 cm³/mol. The van der Waals surface area contributed by atoms with Crippen LogP contribution in [-0.2, 0) is 13.5 Å². The van der Waals surface area contributed by atoms with Crippen molar-refractivity contribution in [1.82, 2.24) is 4.57 Å². The molecule has 0 saturated heterocycles. The molecule has 1 aliphatic rings. The minimum atomic E-state index is 0.192. The van der Waals surface area contributed by atoms with Crippen molar-refractivity contribution in [2.45, 2.75) is 25.7 Å². The van der Waals surface area contributed by atoms with Gasteiger partial charge in [-0.2, -0.15) is 0 Å². The zero-order valence-electron chi connectivity index (χ0n) is 7.50. The van der Waals surface area contributed by atoms with Gasteiger partial charge in [-0.25, -0.2) is 0 Å². The van der Waals surface area contributed by atoms with Gasteiger partial charge >= 0.3 is 0 Å². The Bertz CT molecular complexity index is 365. The first-order valence-electron chi connectivity index (χ1n) is 4.38. The third-order valence-electron chi connectivity index (χ3n) is 2.76. The van der Waals surface area contributed by atoms with Crippen LogP contribution in [0.4, 0.5) is 0 Å². The van der Waals surface area contributed by atoms with Crippen molar-refractivity contribution in [1.29, 1.82) is 0 Å². The second-order valence-corrected chi connectivity index (χ2v) is 3.61. The van der Waals surface area contributed by atoms with Gasteiger partial charge in [-0.1, -0.05) is 6.92 Å². The van der Waals surface area contributed by atoms with Gasteiger partial charge < -0.3 is 4.57 Å². The van der Waals surface area contributed by atoms with E-state index in [0.717, 1.165) is 18.4 Å². The van der Waals surface area contributed by atoms with Gasteiger partial charge in [0.15, 0.2) is 0 Å². The number of aryl methyl sites for hydroxylation is 1. The standard InChI is InChI=1S/C10H13NO/c1-7-3-4-9-8(7)5-6-11(2)10(9)12/h5-7H,3-4H2,1-2H3. The lowest BCUT2D eigenvalue weighted by Gasteiger charge is -2.04. The molecule has 2 rings (SSSR count). The molecule has 1 aliphatic carbocycles. The Morgan fingerprint density at radius 3 is 3.08 bits per heavy atom. The molecule has 1 aromatic heterocycles. The largest absolute Gasteiger partial charge is 0.318 e. The molecule has 1 unspecified atom stereocenters. The summed E-state index contributed by atoms with van der Waals surface area (Å²) in [6.45, 7) is 2.19. The van der Waals surface area contributed by atoms with Crippen molar-refractivity contribution in [2.24, 2.45) is 7.05 Å². The Hall–Kier alpha value is -1.05. The summed E-state index contributed by atoms with van der Waals surface area (Å²) in [6.07, 6.45) is 3.96. The van der Waals surface area contributed by atoms with E-state index in [0.29, 0.717) is 5.92 Å². The SMILES string of the molecule is CC1CCc2c1ccn(C)c2=O. The van der Waals surface area contributed by atoms with Crippen molar-refractivity contribution < 1.29 is 0 Å². The second kappa shape index (κ2) is 2.47. The van der Waals surface area contributed by atoms with E-state index in [2.05, 4.69) is 13.0 Å². The third kappa shape index (κ3) is 0.909. The first-order valence-corrected chi connectivity index (χ1v) is 4.38. The second-order valence-electron chi connectivity index (χ2n) is 3.61. The van der Waals surface area contributed by atoms with Crippen LogP contribution in [0.3, 0.4) is 0 Å². The Morgan fingerprint density at radius 1 is 1.58 bits per heavy atom. The average molecular weight is 163 g/mol. The summed E-state index contributed by atoms with van der Waals surface area (Å²) in [6, 6.07) is 2.08. The molecule has 0 saturated carbocycles. The number of hydrogen-bond donors (Lipinski definition) is 0. The van der Waals surface area contributed by atoms with Gasteiger partial charge in [-0.15, -0.1) is 0 Å². The molecule has 0 spiro atoms. The van der Waals surface area contributed by atoms with Crippen LogP contribution in [-0.4, -0.2) is 4.57 Å². The minimum Gasteiger partial charge on any atom is -0.318 e. The van der Waals surface area contributed by atoms with E-state index in [9.17, 15) is 4.79 Å². The van der Waals surface area contributed by atoms with Crippen molar-refractivity contribution in [3.8, 4) is 0 Å². The molecule has 0 radical (unpaired) electrons. The lowest BCUT2D eigenvalue weighted by Crippen LogP contribution is -2.19. The van der Waals surface area contributed by atoms with Crippen molar-refractivity contribution in [3.05, 3.63) is 33.7 Å². The lowest BCUT2D eigenvalue weighted by molar-refractivity contribution is 0.747. The van der Waals surface area contributed by atoms with Crippen molar-refractivity contribution in [3.63, 3.8) is 0 Å². The number of aromatic nitrogens is 1. The molecule has 12 heavy (non-hydrogen) atoms. The van der Waals surface area contributed by atoms with E-state index in [1.165, 1.54) is 5.56 Å². The molecule has 64 valence electrons. The van der Waals surface area contributed by atoms with Crippen LogP contribution in [0.2, 0.25) is 0 Å². The molecule has 1 heterocycles. The van der Waals surface area contributed by atoms with Crippen LogP contribution in [0.1, 0.15) is 30.4 Å². The quantitative estimate of drug-likeness (QED) is 0.567. The molecule has 0 fully saturated rings. The Morgan fingerprint density at radius 2 is 2.33 bits per heavy atom. The highest BCUT2D eigenvalue weighted by Gasteiger charge is 2.20. The van der Waals surface area contributed by atoms with Crippen LogP contribution >= 0.6 is 0 Å². The predicted octanol–water partition coefficient (Wildman–Crippen LogP) is 1.44. The van der Waals surface area contributed by atoms with E-state index in [4.69, 9.17) is 0 Å². The Balaban J connectivity index is 2.69. The van der Waals surface area contributed by atoms with Gasteiger partial charge in [0.05, 0.1) is 0 Å². The van der Waals surface area contributed by atoms with Gasteiger partial charge in [-0.05, 0) is 30.4 Å². The fourth-order valence-corrected chi connectivity index (χ4v) is 1.93. The number of rotatable bonds is 0. The van der Waals surface area contributed by atoms with Gasteiger partial charge in [-0.3, -0.25) is 4.79 Å². The molecule has 2 nitrogen and oxygen atoms in total. The zero-order valence-corrected chi connectivity index (χ0v) is 7.50. The Labute approximate surface area is 71.8 Å². The van der Waals surface area contributed by atoms with Gasteiger partial charge in [0, 0.05) is 18.8 Å². The highest BCUT2D eigenvalue weighted by Crippen LogP contribution is 2.29. The maximum absolute atomic E-state index is 11.6. The van der Waals surface area contributed by atoms with Crippen molar-refractivity contribution in [2.75, 3.05) is 0 Å². The number of pyridine rings is 1. The summed E-state index contributed by atoms with van der Waals surface area (Å²) < 4.78 is 1.66. The summed E-state index contributed by atoms with van der Waals surface area (Å²) in [4.78, 5) is 11.6. The summed E-state index contributed by atoms with van der Waals surface area (Å²) in [5.41, 5.74) is 2.49. The fourth-order valence-electron chi connectivity index (χ4n) is 1.93. The molecule has 0 amide bonds. The van der Waals surface area contributed by atoms with Crippen LogP contribution in [0.15, 0.2) is 17.1 Å². The minimum absolute atomic E-state index is 0.192. The smallest absolute Gasteiger partial charge is 0.253 e. The van der Waals surface area contributed by atoms with E-state index in [1.807, 2.05) is 13.2 Å². The molecule has 0 bridgehead atoms. The summed E-state index contributed by atoms with van der Waals surface area (Å²) in [5, 5.41) is 0. The van der Waals surface area contributed by atoms with Gasteiger partial charge in [0.1, 0.15) is 0 Å². The highest BCUT2D eigenvalue weighted by molar-refractivity contribution is 5.31. The van der Waals surface area contributed by atoms with E-state index >= 15 is 0 Å². The molecular weight excluding hydrogens is 150 g/mol. The van der Waals surface area contributed by atoms with Gasteiger partial charge in [0.25, 0.3) is 5.56 Å². The molecule has 0 N–H and O–H groups in total. The topological polar surface area (TPSA) is 22.0 Å². The third-order valence-corrected chi connectivity index (χ3v) is 2.76. The fraction of sp³-hybridized carbons (Fsp3) is 0.500. The summed E-state index contributed by atoms with van der Waals surface area (Å²) in [5.74, 6) is 0.578. The van der Waals surface area contributed by atoms with E-state index in [1.54, 1.807) is 4.57 Å². The molecule has 1 aromatic rings. The Kier molecular flexibility index (Phi) is 1.56. The first kappa shape index (κ1) is 7.59.